The lowest BCUT2D eigenvalue weighted by molar-refractivity contribution is -0.161. The van der Waals surface area contributed by atoms with Crippen LogP contribution in [0.2, 0.25) is 0 Å². The molecule has 0 heterocycles. The number of phosphoric ester groups is 2. The second kappa shape index (κ2) is 78.6. The van der Waals surface area contributed by atoms with Crippen molar-refractivity contribution in [2.75, 3.05) is 39.6 Å². The number of unbranched alkanes of at least 4 members (excludes halogenated alkanes) is 53. The SMILES string of the molecule is CC(C)CCCCCCCCCCCCCCCCCCCCC(=O)O[C@H](COC(=O)CCCCCCCCCCCCCCCCCCC(C)C)COP(=O)(O)OC[C@@H](O)COP(=O)(O)OC[C@@H](COC(=O)CCCCCCCCCCCC(C)C)OC(=O)CCCCCCCCCCCCCCCCC(C)C. The van der Waals surface area contributed by atoms with E-state index >= 15 is 0 Å². The van der Waals surface area contributed by atoms with Crippen molar-refractivity contribution in [3.63, 3.8) is 0 Å². The summed E-state index contributed by atoms with van der Waals surface area (Å²) in [6, 6.07) is 0. The van der Waals surface area contributed by atoms with Gasteiger partial charge in [-0.05, 0) is 49.4 Å². The number of hydrogen-bond acceptors (Lipinski definition) is 15. The van der Waals surface area contributed by atoms with E-state index < -0.39 is 97.5 Å². The summed E-state index contributed by atoms with van der Waals surface area (Å²) in [6.07, 6.45) is 69.5. The first kappa shape index (κ1) is 107. The maximum absolute atomic E-state index is 13.2. The number of aliphatic hydroxyl groups excluding tert-OH is 1. The van der Waals surface area contributed by atoms with Crippen molar-refractivity contribution in [2.24, 2.45) is 23.7 Å². The molecule has 0 radical (unpaired) electrons. The van der Waals surface area contributed by atoms with Crippen LogP contribution in [0.3, 0.4) is 0 Å². The van der Waals surface area contributed by atoms with Crippen LogP contribution in [-0.4, -0.2) is 96.7 Å². The van der Waals surface area contributed by atoms with Gasteiger partial charge in [-0.2, -0.15) is 0 Å². The summed E-state index contributed by atoms with van der Waals surface area (Å²) in [5.41, 5.74) is 0. The molecule has 5 atom stereocenters. The molecule has 19 heteroatoms. The third kappa shape index (κ3) is 83.8. The van der Waals surface area contributed by atoms with Gasteiger partial charge in [-0.15, -0.1) is 0 Å². The van der Waals surface area contributed by atoms with Crippen molar-refractivity contribution in [3.05, 3.63) is 0 Å². The molecule has 648 valence electrons. The number of phosphoric acid groups is 2. The highest BCUT2D eigenvalue weighted by Crippen LogP contribution is 2.45. The summed E-state index contributed by atoms with van der Waals surface area (Å²) in [4.78, 5) is 73.4. The van der Waals surface area contributed by atoms with Crippen LogP contribution in [0.5, 0.6) is 0 Å². The molecule has 0 aromatic carbocycles. The second-order valence-corrected chi connectivity index (χ2v) is 37.2. The molecule has 109 heavy (non-hydrogen) atoms. The molecule has 0 aliphatic heterocycles. The van der Waals surface area contributed by atoms with Gasteiger partial charge >= 0.3 is 39.5 Å². The standard InChI is InChI=1S/C90H176O17P2/c1-80(2)66-58-50-42-34-27-21-15-11-9-10-12-18-25-31-39-48-56-64-72-89(94)106-85(76-100-87(92)70-62-54-46-38-30-24-17-14-13-16-22-28-35-43-51-59-67-81(3)4)78-104-108(96,97)102-74-84(91)75-103-109(98,99)105-79-86(77-101-88(93)71-63-55-47-41-33-37-45-53-61-69-83(7)8)107-90(95)73-65-57-49-40-32-26-20-19-23-29-36-44-52-60-68-82(5)6/h80-86,91H,9-79H2,1-8H3,(H,96,97)(H,98,99)/t84-,85-,86-/m1/s1. The minimum atomic E-state index is -4.97. The number of carbonyl (C=O) groups excluding carboxylic acids is 4. The highest BCUT2D eigenvalue weighted by molar-refractivity contribution is 7.47. The van der Waals surface area contributed by atoms with Gasteiger partial charge in [0.2, 0.25) is 0 Å². The van der Waals surface area contributed by atoms with Crippen molar-refractivity contribution >= 4 is 39.5 Å². The van der Waals surface area contributed by atoms with Gasteiger partial charge in [0, 0.05) is 25.7 Å². The Morgan fingerprint density at radius 1 is 0.229 bits per heavy atom. The monoisotopic (exact) mass is 1590 g/mol. The first-order chi connectivity index (χ1) is 52.6. The van der Waals surface area contributed by atoms with Crippen LogP contribution in [0, 0.1) is 23.7 Å². The highest BCUT2D eigenvalue weighted by Gasteiger charge is 2.31. The normalized spacial score (nSPS) is 13.9. The Morgan fingerprint density at radius 2 is 0.385 bits per heavy atom. The summed E-state index contributed by atoms with van der Waals surface area (Å²) < 4.78 is 69.0. The van der Waals surface area contributed by atoms with Crippen molar-refractivity contribution in [3.8, 4) is 0 Å². The van der Waals surface area contributed by atoms with Gasteiger partial charge in [0.05, 0.1) is 26.4 Å². The Morgan fingerprint density at radius 3 is 0.569 bits per heavy atom. The predicted molar refractivity (Wildman–Crippen MR) is 451 cm³/mol. The lowest BCUT2D eigenvalue weighted by Crippen LogP contribution is -2.30. The van der Waals surface area contributed by atoms with Gasteiger partial charge in [-0.25, -0.2) is 9.13 Å². The van der Waals surface area contributed by atoms with E-state index in [1.807, 2.05) is 0 Å². The number of rotatable bonds is 87. The first-order valence-corrected chi connectivity index (χ1v) is 49.2. The zero-order valence-corrected chi connectivity index (χ0v) is 74.0. The van der Waals surface area contributed by atoms with Gasteiger partial charge in [0.15, 0.2) is 12.2 Å². The summed E-state index contributed by atoms with van der Waals surface area (Å²) in [6.45, 7) is 14.4. The molecule has 0 saturated carbocycles. The van der Waals surface area contributed by atoms with Crippen LogP contribution >= 0.6 is 15.6 Å². The molecular weight excluding hydrogens is 1410 g/mol. The molecule has 0 aromatic heterocycles. The van der Waals surface area contributed by atoms with Gasteiger partial charge in [-0.3, -0.25) is 37.3 Å². The number of carbonyl (C=O) groups is 4. The number of aliphatic hydroxyl groups is 1. The lowest BCUT2D eigenvalue weighted by atomic mass is 10.0. The molecule has 0 rings (SSSR count). The molecular formula is C90H176O17P2. The van der Waals surface area contributed by atoms with E-state index in [4.69, 9.17) is 37.0 Å². The summed E-state index contributed by atoms with van der Waals surface area (Å²) in [7, 11) is -9.94. The Bertz CT molecular complexity index is 2110. The van der Waals surface area contributed by atoms with Crippen LogP contribution in [0.1, 0.15) is 473 Å². The van der Waals surface area contributed by atoms with E-state index in [1.54, 1.807) is 0 Å². The quantitative estimate of drug-likeness (QED) is 0.0222. The lowest BCUT2D eigenvalue weighted by Gasteiger charge is -2.21. The van der Waals surface area contributed by atoms with Gasteiger partial charge in [-0.1, -0.05) is 421 Å². The Kier molecular flexibility index (Phi) is 77.2. The zero-order chi connectivity index (χ0) is 80.2. The molecule has 0 fully saturated rings. The van der Waals surface area contributed by atoms with Crippen LogP contribution in [-0.2, 0) is 65.4 Å². The molecule has 0 aliphatic rings. The molecule has 0 aromatic rings. The van der Waals surface area contributed by atoms with Crippen LogP contribution in [0.15, 0.2) is 0 Å². The molecule has 0 amide bonds. The van der Waals surface area contributed by atoms with Crippen LogP contribution in [0.4, 0.5) is 0 Å². The average molecular weight is 1590 g/mol. The van der Waals surface area contributed by atoms with Crippen molar-refractivity contribution in [1.29, 1.82) is 0 Å². The minimum Gasteiger partial charge on any atom is -0.462 e. The fourth-order valence-corrected chi connectivity index (χ4v) is 15.6. The van der Waals surface area contributed by atoms with E-state index in [2.05, 4.69) is 55.4 Å². The average Bonchev–Trinajstić information content (AvgIpc) is 0.893. The molecule has 3 N–H and O–H groups in total. The third-order valence-electron chi connectivity index (χ3n) is 21.1. The van der Waals surface area contributed by atoms with Crippen LogP contribution in [0.25, 0.3) is 0 Å². The molecule has 2 unspecified atom stereocenters. The van der Waals surface area contributed by atoms with Crippen molar-refractivity contribution in [2.45, 2.75) is 491 Å². The smallest absolute Gasteiger partial charge is 0.462 e. The van der Waals surface area contributed by atoms with Gasteiger partial charge in [0.25, 0.3) is 0 Å². The van der Waals surface area contributed by atoms with E-state index in [0.29, 0.717) is 25.7 Å². The Hall–Kier alpha value is -1.94. The van der Waals surface area contributed by atoms with Crippen molar-refractivity contribution in [1.82, 2.24) is 0 Å². The summed E-state index contributed by atoms with van der Waals surface area (Å²) in [5.74, 6) is 1.07. The summed E-state index contributed by atoms with van der Waals surface area (Å²) in [5, 5.41) is 10.7. The topological polar surface area (TPSA) is 237 Å². The Balaban J connectivity index is 5.26. The minimum absolute atomic E-state index is 0.107. The number of hydrogen-bond donors (Lipinski definition) is 3. The van der Waals surface area contributed by atoms with Gasteiger partial charge < -0.3 is 33.8 Å². The maximum Gasteiger partial charge on any atom is 0.472 e. The molecule has 0 spiro atoms. The highest BCUT2D eigenvalue weighted by atomic mass is 31.2. The van der Waals surface area contributed by atoms with Crippen molar-refractivity contribution < 1.29 is 80.2 Å². The fourth-order valence-electron chi connectivity index (χ4n) is 14.0. The molecule has 0 saturated heterocycles. The van der Waals surface area contributed by atoms with Crippen LogP contribution < -0.4 is 0 Å². The van der Waals surface area contributed by atoms with E-state index in [-0.39, 0.29) is 25.7 Å². The maximum atomic E-state index is 13.2. The predicted octanol–water partition coefficient (Wildman–Crippen LogP) is 27.5. The molecule has 0 bridgehead atoms. The van der Waals surface area contributed by atoms with Gasteiger partial charge in [0.1, 0.15) is 19.3 Å². The third-order valence-corrected chi connectivity index (χ3v) is 23.0. The van der Waals surface area contributed by atoms with E-state index in [9.17, 15) is 43.2 Å². The largest absolute Gasteiger partial charge is 0.472 e. The molecule has 0 aliphatic carbocycles. The Labute approximate surface area is 670 Å². The fraction of sp³-hybridized carbons (Fsp3) is 0.956. The van der Waals surface area contributed by atoms with E-state index in [0.717, 1.165) is 114 Å². The number of esters is 4. The molecule has 17 nitrogen and oxygen atoms in total. The first-order valence-electron chi connectivity index (χ1n) is 46.2. The van der Waals surface area contributed by atoms with E-state index in [1.165, 1.54) is 276 Å². The zero-order valence-electron chi connectivity index (χ0n) is 72.2. The number of ether oxygens (including phenoxy) is 4. The second-order valence-electron chi connectivity index (χ2n) is 34.2. The summed E-state index contributed by atoms with van der Waals surface area (Å²) >= 11 is 0.